The molecule has 0 saturated heterocycles. The molecule has 1 fully saturated rings. The minimum absolute atomic E-state index is 0.0291. The van der Waals surface area contributed by atoms with Crippen LogP contribution in [0.25, 0.3) is 0 Å². The van der Waals surface area contributed by atoms with E-state index in [1.807, 2.05) is 0 Å². The Morgan fingerprint density at radius 1 is 1.38 bits per heavy atom. The van der Waals surface area contributed by atoms with Gasteiger partial charge in [0.2, 0.25) is 0 Å². The van der Waals surface area contributed by atoms with Crippen molar-refractivity contribution in [3.05, 3.63) is 29.3 Å². The topological polar surface area (TPSA) is 66.6 Å². The number of para-hydroxylation sites is 1. The summed E-state index contributed by atoms with van der Waals surface area (Å²) in [4.78, 5) is 13.8. The third-order valence-electron chi connectivity index (χ3n) is 3.76. The molecule has 1 aliphatic rings. The van der Waals surface area contributed by atoms with Crippen molar-refractivity contribution >= 4 is 11.6 Å². The number of anilines is 1. The zero-order valence-corrected chi connectivity index (χ0v) is 11.4. The first-order valence-electron chi connectivity index (χ1n) is 6.73. The van der Waals surface area contributed by atoms with Gasteiger partial charge in [-0.05, 0) is 31.4 Å². The van der Waals surface area contributed by atoms with E-state index in [4.69, 9.17) is 10.8 Å². The maximum Gasteiger partial charge on any atom is 0.418 e. The molecule has 116 valence electrons. The first-order chi connectivity index (χ1) is 9.86. The standard InChI is InChI=1S/C14H17F3N2O2/c15-14(16,17)11-6-2-5-10(12(11)18)13(21)19(7-8-20)9-3-1-4-9/h2,5-6,9,20H,1,3-4,7-8,18H2. The van der Waals surface area contributed by atoms with Crippen molar-refractivity contribution in [2.24, 2.45) is 0 Å². The number of carbonyl (C=O) groups is 1. The number of halogens is 3. The quantitative estimate of drug-likeness (QED) is 0.839. The zero-order chi connectivity index (χ0) is 15.6. The number of nitrogens with zero attached hydrogens (tertiary/aromatic N) is 1. The SMILES string of the molecule is Nc1c(C(=O)N(CCO)C2CCC2)cccc1C(F)(F)F. The predicted octanol–water partition coefficient (Wildman–Crippen LogP) is 2.27. The smallest absolute Gasteiger partial charge is 0.398 e. The molecular weight excluding hydrogens is 285 g/mol. The zero-order valence-electron chi connectivity index (χ0n) is 11.4. The van der Waals surface area contributed by atoms with Crippen molar-refractivity contribution in [3.63, 3.8) is 0 Å². The highest BCUT2D eigenvalue weighted by atomic mass is 19.4. The Labute approximate surface area is 120 Å². The molecule has 1 saturated carbocycles. The third kappa shape index (κ3) is 3.12. The van der Waals surface area contributed by atoms with E-state index in [-0.39, 0.29) is 24.8 Å². The summed E-state index contributed by atoms with van der Waals surface area (Å²) in [6.07, 6.45) is -2.04. The minimum atomic E-state index is -4.60. The molecule has 1 amide bonds. The lowest BCUT2D eigenvalue weighted by atomic mass is 9.90. The fourth-order valence-electron chi connectivity index (χ4n) is 2.41. The molecule has 0 unspecified atom stereocenters. The highest BCUT2D eigenvalue weighted by Crippen LogP contribution is 2.36. The fourth-order valence-corrected chi connectivity index (χ4v) is 2.41. The average molecular weight is 302 g/mol. The molecule has 0 aliphatic heterocycles. The molecule has 2 rings (SSSR count). The summed E-state index contributed by atoms with van der Waals surface area (Å²) in [5.74, 6) is -0.558. The van der Waals surface area contributed by atoms with Crippen molar-refractivity contribution in [2.75, 3.05) is 18.9 Å². The van der Waals surface area contributed by atoms with E-state index in [2.05, 4.69) is 0 Å². The molecule has 1 aliphatic carbocycles. The number of hydrogen-bond donors (Lipinski definition) is 2. The summed E-state index contributed by atoms with van der Waals surface area (Å²) < 4.78 is 38.5. The van der Waals surface area contributed by atoms with E-state index >= 15 is 0 Å². The van der Waals surface area contributed by atoms with Crippen LogP contribution in [0.1, 0.15) is 35.2 Å². The van der Waals surface area contributed by atoms with E-state index in [1.165, 1.54) is 17.0 Å². The van der Waals surface area contributed by atoms with Crippen LogP contribution < -0.4 is 5.73 Å². The van der Waals surface area contributed by atoms with Crippen molar-refractivity contribution < 1.29 is 23.1 Å². The monoisotopic (exact) mass is 302 g/mol. The van der Waals surface area contributed by atoms with Gasteiger partial charge in [0.25, 0.3) is 5.91 Å². The van der Waals surface area contributed by atoms with Gasteiger partial charge >= 0.3 is 6.18 Å². The Kier molecular flexibility index (Phi) is 4.41. The highest BCUT2D eigenvalue weighted by Gasteiger charge is 2.36. The van der Waals surface area contributed by atoms with Crippen molar-refractivity contribution in [3.8, 4) is 0 Å². The van der Waals surface area contributed by atoms with Crippen molar-refractivity contribution in [1.29, 1.82) is 0 Å². The number of nitrogens with two attached hydrogens (primary N) is 1. The summed E-state index contributed by atoms with van der Waals surface area (Å²) in [5.41, 5.74) is 3.81. The van der Waals surface area contributed by atoms with E-state index < -0.39 is 23.3 Å². The molecule has 1 aromatic carbocycles. The van der Waals surface area contributed by atoms with Crippen LogP contribution in [-0.4, -0.2) is 35.1 Å². The summed E-state index contributed by atoms with van der Waals surface area (Å²) >= 11 is 0. The number of benzene rings is 1. The van der Waals surface area contributed by atoms with Crippen LogP contribution in [0.4, 0.5) is 18.9 Å². The Morgan fingerprint density at radius 3 is 2.52 bits per heavy atom. The number of alkyl halides is 3. The van der Waals surface area contributed by atoms with Crippen LogP contribution in [0.15, 0.2) is 18.2 Å². The maximum atomic E-state index is 12.8. The second-order valence-corrected chi connectivity index (χ2v) is 5.07. The highest BCUT2D eigenvalue weighted by molar-refractivity contribution is 6.00. The van der Waals surface area contributed by atoms with Gasteiger partial charge in [0, 0.05) is 12.6 Å². The van der Waals surface area contributed by atoms with E-state index in [0.29, 0.717) is 0 Å². The molecule has 1 aromatic rings. The number of aliphatic hydroxyl groups is 1. The molecule has 0 spiro atoms. The Hall–Kier alpha value is -1.76. The summed E-state index contributed by atoms with van der Waals surface area (Å²) in [5, 5.41) is 9.05. The van der Waals surface area contributed by atoms with Gasteiger partial charge in [-0.25, -0.2) is 0 Å². The predicted molar refractivity (Wildman–Crippen MR) is 71.6 cm³/mol. The number of amides is 1. The second-order valence-electron chi connectivity index (χ2n) is 5.07. The van der Waals surface area contributed by atoms with Crippen LogP contribution in [0.5, 0.6) is 0 Å². The number of aliphatic hydroxyl groups excluding tert-OH is 1. The molecule has 21 heavy (non-hydrogen) atoms. The summed E-state index contributed by atoms with van der Waals surface area (Å²) in [6.45, 7) is -0.139. The van der Waals surface area contributed by atoms with Gasteiger partial charge in [-0.3, -0.25) is 4.79 Å². The molecule has 3 N–H and O–H groups in total. The number of carbonyl (C=O) groups excluding carboxylic acids is 1. The fraction of sp³-hybridized carbons (Fsp3) is 0.500. The van der Waals surface area contributed by atoms with Crippen molar-refractivity contribution in [1.82, 2.24) is 4.90 Å². The Morgan fingerprint density at radius 2 is 2.05 bits per heavy atom. The van der Waals surface area contributed by atoms with Gasteiger partial charge in [-0.2, -0.15) is 13.2 Å². The lowest BCUT2D eigenvalue weighted by Gasteiger charge is -2.37. The average Bonchev–Trinajstić information content (AvgIpc) is 2.34. The Bertz CT molecular complexity index is 527. The Balaban J connectivity index is 2.33. The van der Waals surface area contributed by atoms with Gasteiger partial charge in [0.15, 0.2) is 0 Å². The van der Waals surface area contributed by atoms with Crippen LogP contribution in [0, 0.1) is 0 Å². The molecule has 0 radical (unpaired) electrons. The molecule has 4 nitrogen and oxygen atoms in total. The second kappa shape index (κ2) is 5.93. The number of hydrogen-bond acceptors (Lipinski definition) is 3. The molecule has 0 atom stereocenters. The first kappa shape index (κ1) is 15.6. The molecule has 0 bridgehead atoms. The van der Waals surface area contributed by atoms with Crippen molar-refractivity contribution in [2.45, 2.75) is 31.5 Å². The maximum absolute atomic E-state index is 12.8. The molecule has 0 heterocycles. The summed E-state index contributed by atoms with van der Waals surface area (Å²) in [6, 6.07) is 3.28. The lowest BCUT2D eigenvalue weighted by molar-refractivity contribution is -0.136. The van der Waals surface area contributed by atoms with Gasteiger partial charge in [-0.15, -0.1) is 0 Å². The number of nitrogen functional groups attached to an aromatic ring is 1. The van der Waals surface area contributed by atoms with Crippen LogP contribution in [0.3, 0.4) is 0 Å². The largest absolute Gasteiger partial charge is 0.418 e. The molecular formula is C14H17F3N2O2. The number of rotatable bonds is 4. The van der Waals surface area contributed by atoms with Gasteiger partial charge in [-0.1, -0.05) is 6.07 Å². The molecule has 0 aromatic heterocycles. The normalized spacial score (nSPS) is 15.6. The van der Waals surface area contributed by atoms with Gasteiger partial charge < -0.3 is 15.7 Å². The van der Waals surface area contributed by atoms with Crippen LogP contribution in [0.2, 0.25) is 0 Å². The van der Waals surface area contributed by atoms with Crippen LogP contribution >= 0.6 is 0 Å². The minimum Gasteiger partial charge on any atom is -0.398 e. The van der Waals surface area contributed by atoms with E-state index in [9.17, 15) is 18.0 Å². The molecule has 7 heteroatoms. The van der Waals surface area contributed by atoms with Crippen LogP contribution in [-0.2, 0) is 6.18 Å². The lowest BCUT2D eigenvalue weighted by Crippen LogP contribution is -2.45. The van der Waals surface area contributed by atoms with Gasteiger partial charge in [0.05, 0.1) is 23.4 Å². The summed E-state index contributed by atoms with van der Waals surface area (Å²) in [7, 11) is 0. The van der Waals surface area contributed by atoms with Gasteiger partial charge in [0.1, 0.15) is 0 Å². The van der Waals surface area contributed by atoms with E-state index in [0.717, 1.165) is 25.3 Å². The third-order valence-corrected chi connectivity index (χ3v) is 3.76. The first-order valence-corrected chi connectivity index (χ1v) is 6.73. The van der Waals surface area contributed by atoms with E-state index in [1.54, 1.807) is 0 Å².